The van der Waals surface area contributed by atoms with Gasteiger partial charge in [-0.05, 0) is 18.4 Å². The topological polar surface area (TPSA) is 92.9 Å². The second-order valence-electron chi connectivity index (χ2n) is 5.64. The number of carbonyl (C=O) groups excluding carboxylic acids is 1. The molecule has 2 aromatic heterocycles. The standard InChI is InChI=1S/C16H18N2O5S/c1-10-13(17-16(23-10)11-2-5-24-9-11)7-14(19)18-3-4-22-12(8-18)6-15(20)21/h2,5,9,12H,3-4,6-8H2,1H3,(H,20,21)/t12-/m0/s1. The monoisotopic (exact) mass is 350 g/mol. The van der Waals surface area contributed by atoms with Gasteiger partial charge in [0, 0.05) is 24.0 Å². The third-order valence-electron chi connectivity index (χ3n) is 3.87. The number of ether oxygens (including phenoxy) is 1. The Hall–Kier alpha value is -2.19. The number of oxazole rings is 1. The fourth-order valence-electron chi connectivity index (χ4n) is 2.62. The summed E-state index contributed by atoms with van der Waals surface area (Å²) in [6, 6.07) is 1.92. The number of nitrogens with zero attached hydrogens (tertiary/aromatic N) is 2. The molecule has 1 aliphatic rings. The molecule has 1 amide bonds. The Kier molecular flexibility index (Phi) is 4.96. The van der Waals surface area contributed by atoms with Crippen LogP contribution in [0.15, 0.2) is 21.2 Å². The number of carboxylic acids is 1. The molecule has 1 atom stereocenters. The molecule has 1 aliphatic heterocycles. The van der Waals surface area contributed by atoms with Crippen molar-refractivity contribution in [2.75, 3.05) is 19.7 Å². The lowest BCUT2D eigenvalue weighted by molar-refractivity contribution is -0.147. The highest BCUT2D eigenvalue weighted by atomic mass is 32.1. The van der Waals surface area contributed by atoms with Gasteiger partial charge in [0.2, 0.25) is 11.8 Å². The van der Waals surface area contributed by atoms with Crippen molar-refractivity contribution >= 4 is 23.2 Å². The van der Waals surface area contributed by atoms with E-state index in [9.17, 15) is 9.59 Å². The van der Waals surface area contributed by atoms with Crippen LogP contribution in [0.3, 0.4) is 0 Å². The zero-order valence-electron chi connectivity index (χ0n) is 13.2. The van der Waals surface area contributed by atoms with Crippen LogP contribution < -0.4 is 0 Å². The van der Waals surface area contributed by atoms with Crippen LogP contribution in [0.1, 0.15) is 17.9 Å². The molecule has 1 fully saturated rings. The molecule has 0 bridgehead atoms. The molecular weight excluding hydrogens is 332 g/mol. The molecule has 8 heteroatoms. The van der Waals surface area contributed by atoms with Crippen LogP contribution >= 0.6 is 11.3 Å². The molecular formula is C16H18N2O5S. The Morgan fingerprint density at radius 2 is 2.33 bits per heavy atom. The fourth-order valence-corrected chi connectivity index (χ4v) is 3.25. The van der Waals surface area contributed by atoms with E-state index < -0.39 is 12.1 Å². The largest absolute Gasteiger partial charge is 0.481 e. The first-order chi connectivity index (χ1) is 11.5. The maximum atomic E-state index is 12.5. The van der Waals surface area contributed by atoms with E-state index in [2.05, 4.69) is 4.98 Å². The lowest BCUT2D eigenvalue weighted by Gasteiger charge is -2.32. The Morgan fingerprint density at radius 3 is 3.04 bits per heavy atom. The zero-order valence-corrected chi connectivity index (χ0v) is 14.0. The third kappa shape index (κ3) is 3.82. The number of hydrogen-bond acceptors (Lipinski definition) is 6. The molecule has 128 valence electrons. The molecule has 24 heavy (non-hydrogen) atoms. The van der Waals surface area contributed by atoms with E-state index >= 15 is 0 Å². The normalized spacial score (nSPS) is 17.9. The number of thiophene rings is 1. The van der Waals surface area contributed by atoms with Gasteiger partial charge in [-0.2, -0.15) is 11.3 Å². The average molecular weight is 350 g/mol. The van der Waals surface area contributed by atoms with Crippen molar-refractivity contribution in [3.05, 3.63) is 28.3 Å². The molecule has 0 radical (unpaired) electrons. The first-order valence-corrected chi connectivity index (χ1v) is 8.57. The van der Waals surface area contributed by atoms with Gasteiger partial charge in [0.25, 0.3) is 0 Å². The second-order valence-corrected chi connectivity index (χ2v) is 6.42. The lowest BCUT2D eigenvalue weighted by Crippen LogP contribution is -2.46. The molecule has 1 saturated heterocycles. The first-order valence-electron chi connectivity index (χ1n) is 7.63. The van der Waals surface area contributed by atoms with Gasteiger partial charge in [-0.1, -0.05) is 0 Å². The van der Waals surface area contributed by atoms with E-state index in [4.69, 9.17) is 14.3 Å². The van der Waals surface area contributed by atoms with Crippen molar-refractivity contribution in [3.63, 3.8) is 0 Å². The van der Waals surface area contributed by atoms with Crippen LogP contribution in [-0.2, 0) is 20.7 Å². The number of morpholine rings is 1. The van der Waals surface area contributed by atoms with Gasteiger partial charge in [0.15, 0.2) is 0 Å². The van der Waals surface area contributed by atoms with Crippen molar-refractivity contribution in [3.8, 4) is 11.5 Å². The minimum atomic E-state index is -0.929. The number of aryl methyl sites for hydroxylation is 1. The van der Waals surface area contributed by atoms with E-state index in [-0.39, 0.29) is 18.7 Å². The Balaban J connectivity index is 1.65. The summed E-state index contributed by atoms with van der Waals surface area (Å²) >= 11 is 1.55. The van der Waals surface area contributed by atoms with Gasteiger partial charge >= 0.3 is 5.97 Å². The maximum absolute atomic E-state index is 12.5. The van der Waals surface area contributed by atoms with Gasteiger partial charge < -0.3 is 19.2 Å². The lowest BCUT2D eigenvalue weighted by atomic mass is 10.2. The number of carboxylic acid groups (broad SMARTS) is 1. The van der Waals surface area contributed by atoms with Crippen molar-refractivity contribution in [1.82, 2.24) is 9.88 Å². The van der Waals surface area contributed by atoms with Crippen LogP contribution in [0.2, 0.25) is 0 Å². The highest BCUT2D eigenvalue weighted by Gasteiger charge is 2.27. The summed E-state index contributed by atoms with van der Waals surface area (Å²) in [5.74, 6) is 0.117. The predicted octanol–water partition coefficient (Wildman–Crippen LogP) is 1.96. The van der Waals surface area contributed by atoms with Crippen molar-refractivity contribution in [2.24, 2.45) is 0 Å². The van der Waals surface area contributed by atoms with Crippen LogP contribution in [0.4, 0.5) is 0 Å². The fraction of sp³-hybridized carbons (Fsp3) is 0.438. The summed E-state index contributed by atoms with van der Waals surface area (Å²) < 4.78 is 11.0. The van der Waals surface area contributed by atoms with E-state index in [1.165, 1.54) is 0 Å². The van der Waals surface area contributed by atoms with Gasteiger partial charge in [-0.15, -0.1) is 0 Å². The number of rotatable bonds is 5. The molecule has 0 spiro atoms. The Morgan fingerprint density at radius 1 is 1.50 bits per heavy atom. The molecule has 3 heterocycles. The molecule has 0 aliphatic carbocycles. The second kappa shape index (κ2) is 7.14. The van der Waals surface area contributed by atoms with Gasteiger partial charge in [-0.3, -0.25) is 9.59 Å². The smallest absolute Gasteiger partial charge is 0.306 e. The SMILES string of the molecule is Cc1oc(-c2ccsc2)nc1CC(=O)N1CCO[C@@H](CC(=O)O)C1. The van der Waals surface area contributed by atoms with Gasteiger partial charge in [0.05, 0.1) is 31.2 Å². The number of aliphatic carboxylic acids is 1. The quantitative estimate of drug-likeness (QED) is 0.886. The van der Waals surface area contributed by atoms with E-state index in [0.717, 1.165) is 5.56 Å². The van der Waals surface area contributed by atoms with Gasteiger partial charge in [0.1, 0.15) is 5.76 Å². The van der Waals surface area contributed by atoms with Gasteiger partial charge in [-0.25, -0.2) is 4.98 Å². The highest BCUT2D eigenvalue weighted by molar-refractivity contribution is 7.08. The summed E-state index contributed by atoms with van der Waals surface area (Å²) in [4.78, 5) is 29.3. The number of hydrogen-bond donors (Lipinski definition) is 1. The highest BCUT2D eigenvalue weighted by Crippen LogP contribution is 2.24. The van der Waals surface area contributed by atoms with E-state index in [1.54, 1.807) is 23.2 Å². The third-order valence-corrected chi connectivity index (χ3v) is 4.56. The summed E-state index contributed by atoms with van der Waals surface area (Å²) in [5, 5.41) is 12.7. The number of amides is 1. The Labute approximate surface area is 142 Å². The molecule has 1 N–H and O–H groups in total. The molecule has 0 saturated carbocycles. The molecule has 0 unspecified atom stereocenters. The summed E-state index contributed by atoms with van der Waals surface area (Å²) in [6.45, 7) is 2.89. The van der Waals surface area contributed by atoms with Crippen molar-refractivity contribution < 1.29 is 23.8 Å². The first kappa shape index (κ1) is 16.7. The summed E-state index contributed by atoms with van der Waals surface area (Å²) in [5.41, 5.74) is 1.51. The van der Waals surface area contributed by atoms with Crippen LogP contribution in [0.25, 0.3) is 11.5 Å². The summed E-state index contributed by atoms with van der Waals surface area (Å²) in [7, 11) is 0. The Bertz CT molecular complexity index is 725. The zero-order chi connectivity index (χ0) is 17.1. The van der Waals surface area contributed by atoms with Crippen LogP contribution in [0.5, 0.6) is 0 Å². The average Bonchev–Trinajstić information content (AvgIpc) is 3.17. The molecule has 7 nitrogen and oxygen atoms in total. The summed E-state index contributed by atoms with van der Waals surface area (Å²) in [6.07, 6.45) is -0.422. The minimum absolute atomic E-state index is 0.0954. The molecule has 0 aromatic carbocycles. The molecule has 3 rings (SSSR count). The van der Waals surface area contributed by atoms with Crippen molar-refractivity contribution in [2.45, 2.75) is 25.9 Å². The van der Waals surface area contributed by atoms with Crippen LogP contribution in [-0.4, -0.2) is 52.7 Å². The van der Waals surface area contributed by atoms with E-state index in [1.807, 2.05) is 16.8 Å². The van der Waals surface area contributed by atoms with Crippen LogP contribution in [0, 0.1) is 6.92 Å². The number of carbonyl (C=O) groups is 2. The molecule has 2 aromatic rings. The van der Waals surface area contributed by atoms with E-state index in [0.29, 0.717) is 37.0 Å². The minimum Gasteiger partial charge on any atom is -0.481 e. The predicted molar refractivity (Wildman–Crippen MR) is 86.8 cm³/mol. The number of aromatic nitrogens is 1. The van der Waals surface area contributed by atoms with Crippen molar-refractivity contribution in [1.29, 1.82) is 0 Å². The maximum Gasteiger partial charge on any atom is 0.306 e.